The summed E-state index contributed by atoms with van der Waals surface area (Å²) in [4.78, 5) is 27.1. The van der Waals surface area contributed by atoms with E-state index in [0.717, 1.165) is 41.4 Å². The molecule has 6 nitrogen and oxygen atoms in total. The van der Waals surface area contributed by atoms with Gasteiger partial charge in [-0.3, -0.25) is 9.78 Å². The Kier molecular flexibility index (Phi) is 6.48. The van der Waals surface area contributed by atoms with Crippen molar-refractivity contribution in [3.05, 3.63) is 88.5 Å². The summed E-state index contributed by atoms with van der Waals surface area (Å²) in [7, 11) is 0. The van der Waals surface area contributed by atoms with E-state index in [-0.39, 0.29) is 5.56 Å². The highest BCUT2D eigenvalue weighted by molar-refractivity contribution is 8.05. The van der Waals surface area contributed by atoms with Crippen LogP contribution < -0.4 is 15.8 Å². The Hall–Kier alpha value is -3.20. The van der Waals surface area contributed by atoms with E-state index in [4.69, 9.17) is 4.74 Å². The third-order valence-corrected chi connectivity index (χ3v) is 8.89. The van der Waals surface area contributed by atoms with Gasteiger partial charge >= 0.3 is 0 Å². The van der Waals surface area contributed by atoms with Crippen molar-refractivity contribution in [2.45, 2.75) is 33.1 Å². The standard InChI is InChI=1S/C28H26N4O2S2/c1-18-7-8-29-20(13-18)17-30-19-5-6-24-26(14-19)35-25-4-2-3-22(28(25)36-24)23-15-21(16-27(33)31-23)32-9-11-34-12-10-32/h2-8,13-16,30H,9-12,17H2,1H3,(H,31,33). The van der Waals surface area contributed by atoms with Gasteiger partial charge in [-0.25, -0.2) is 0 Å². The van der Waals surface area contributed by atoms with Crippen molar-refractivity contribution in [1.29, 1.82) is 0 Å². The summed E-state index contributed by atoms with van der Waals surface area (Å²) >= 11 is 3.53. The number of fused-ring (bicyclic) bond motifs is 2. The van der Waals surface area contributed by atoms with Crippen LogP contribution >= 0.6 is 23.5 Å². The molecule has 1 fully saturated rings. The minimum atomic E-state index is -0.0840. The van der Waals surface area contributed by atoms with Gasteiger partial charge in [0.2, 0.25) is 5.56 Å². The van der Waals surface area contributed by atoms with E-state index in [9.17, 15) is 4.79 Å². The highest BCUT2D eigenvalue weighted by Gasteiger charge is 2.22. The fourth-order valence-corrected chi connectivity index (χ4v) is 6.90. The zero-order valence-corrected chi connectivity index (χ0v) is 21.5. The first-order valence-electron chi connectivity index (χ1n) is 12.0. The van der Waals surface area contributed by atoms with Gasteiger partial charge in [-0.1, -0.05) is 35.7 Å². The number of rotatable bonds is 5. The molecular formula is C28H26N4O2S2. The molecule has 6 rings (SSSR count). The highest BCUT2D eigenvalue weighted by Crippen LogP contribution is 2.52. The van der Waals surface area contributed by atoms with E-state index in [0.29, 0.717) is 19.8 Å². The maximum Gasteiger partial charge on any atom is 0.250 e. The Morgan fingerprint density at radius 2 is 1.89 bits per heavy atom. The summed E-state index contributed by atoms with van der Waals surface area (Å²) in [5.41, 5.74) is 6.08. The molecule has 4 heterocycles. The Labute approximate surface area is 218 Å². The largest absolute Gasteiger partial charge is 0.379 e. The number of morpholine rings is 1. The van der Waals surface area contributed by atoms with E-state index in [1.807, 2.05) is 12.3 Å². The molecular weight excluding hydrogens is 488 g/mol. The number of benzene rings is 2. The molecule has 2 N–H and O–H groups in total. The van der Waals surface area contributed by atoms with Crippen LogP contribution in [0.3, 0.4) is 0 Å². The van der Waals surface area contributed by atoms with Crippen molar-refractivity contribution in [3.63, 3.8) is 0 Å². The van der Waals surface area contributed by atoms with Crippen molar-refractivity contribution in [2.75, 3.05) is 36.5 Å². The quantitative estimate of drug-likeness (QED) is 0.307. The first-order valence-corrected chi connectivity index (χ1v) is 13.6. The maximum atomic E-state index is 12.6. The number of hydrogen-bond donors (Lipinski definition) is 2. The van der Waals surface area contributed by atoms with Crippen LogP contribution in [-0.2, 0) is 11.3 Å². The molecule has 1 saturated heterocycles. The second-order valence-electron chi connectivity index (χ2n) is 8.89. The molecule has 4 aromatic rings. The average molecular weight is 515 g/mol. The smallest absolute Gasteiger partial charge is 0.250 e. The molecule has 2 aliphatic rings. The first-order chi connectivity index (χ1) is 17.6. The SMILES string of the molecule is Cc1ccnc(CNc2ccc3c(c2)Sc2cccc(-c4cc(N5CCOCC5)cc(=O)[nH]4)c2S3)c1. The summed E-state index contributed by atoms with van der Waals surface area (Å²) in [6.07, 6.45) is 1.85. The van der Waals surface area contributed by atoms with Crippen LogP contribution in [0.4, 0.5) is 11.4 Å². The van der Waals surface area contributed by atoms with E-state index < -0.39 is 0 Å². The molecule has 2 aromatic carbocycles. The molecule has 8 heteroatoms. The Morgan fingerprint density at radius 3 is 2.75 bits per heavy atom. The second-order valence-corrected chi connectivity index (χ2v) is 11.0. The number of aromatic amines is 1. The molecule has 2 aromatic heterocycles. The third-order valence-electron chi connectivity index (χ3n) is 6.30. The topological polar surface area (TPSA) is 70.2 Å². The van der Waals surface area contributed by atoms with Gasteiger partial charge in [-0.05, 0) is 55.0 Å². The van der Waals surface area contributed by atoms with Gasteiger partial charge in [0.25, 0.3) is 0 Å². The lowest BCUT2D eigenvalue weighted by Gasteiger charge is -2.29. The Morgan fingerprint density at radius 1 is 1.00 bits per heavy atom. The van der Waals surface area contributed by atoms with E-state index in [2.05, 4.69) is 75.6 Å². The number of pyridine rings is 2. The van der Waals surface area contributed by atoms with Crippen LogP contribution in [0.1, 0.15) is 11.3 Å². The highest BCUT2D eigenvalue weighted by atomic mass is 32.2. The summed E-state index contributed by atoms with van der Waals surface area (Å²) in [6, 6.07) is 20.7. The molecule has 0 saturated carbocycles. The number of hydrogen-bond acceptors (Lipinski definition) is 7. The predicted molar refractivity (Wildman–Crippen MR) is 147 cm³/mol. The third kappa shape index (κ3) is 4.89. The fourth-order valence-electron chi connectivity index (χ4n) is 4.49. The van der Waals surface area contributed by atoms with Crippen molar-refractivity contribution >= 4 is 34.9 Å². The number of nitrogens with zero attached hydrogens (tertiary/aromatic N) is 2. The molecule has 0 aliphatic carbocycles. The normalized spacial score (nSPS) is 14.8. The zero-order valence-electron chi connectivity index (χ0n) is 19.9. The Bertz CT molecular complexity index is 1480. The summed E-state index contributed by atoms with van der Waals surface area (Å²) in [6.45, 7) is 5.73. The lowest BCUT2D eigenvalue weighted by atomic mass is 10.1. The van der Waals surface area contributed by atoms with Gasteiger partial charge < -0.3 is 19.9 Å². The number of anilines is 2. The van der Waals surface area contributed by atoms with Crippen molar-refractivity contribution in [1.82, 2.24) is 9.97 Å². The lowest BCUT2D eigenvalue weighted by Crippen LogP contribution is -2.36. The molecule has 0 amide bonds. The van der Waals surface area contributed by atoms with Crippen LogP contribution in [0.5, 0.6) is 0 Å². The van der Waals surface area contributed by atoms with Gasteiger partial charge in [-0.15, -0.1) is 0 Å². The van der Waals surface area contributed by atoms with E-state index >= 15 is 0 Å². The minimum absolute atomic E-state index is 0.0840. The van der Waals surface area contributed by atoms with Gasteiger partial charge in [-0.2, -0.15) is 0 Å². The molecule has 0 atom stereocenters. The molecule has 0 radical (unpaired) electrons. The van der Waals surface area contributed by atoms with Crippen LogP contribution in [0.25, 0.3) is 11.3 Å². The van der Waals surface area contributed by atoms with Gasteiger partial charge in [0.1, 0.15) is 0 Å². The van der Waals surface area contributed by atoms with E-state index in [1.165, 1.54) is 25.1 Å². The number of aryl methyl sites for hydroxylation is 1. The number of H-pyrrole nitrogens is 1. The minimum Gasteiger partial charge on any atom is -0.379 e. The fraction of sp³-hybridized carbons (Fsp3) is 0.214. The second kappa shape index (κ2) is 10.0. The molecule has 182 valence electrons. The average Bonchev–Trinajstić information content (AvgIpc) is 2.90. The monoisotopic (exact) mass is 514 g/mol. The zero-order chi connectivity index (χ0) is 24.5. The van der Waals surface area contributed by atoms with Crippen molar-refractivity contribution in [2.24, 2.45) is 0 Å². The summed E-state index contributed by atoms with van der Waals surface area (Å²) in [5.74, 6) is 0. The Balaban J connectivity index is 1.26. The summed E-state index contributed by atoms with van der Waals surface area (Å²) in [5, 5.41) is 3.50. The molecule has 36 heavy (non-hydrogen) atoms. The maximum absolute atomic E-state index is 12.6. The molecule has 0 bridgehead atoms. The van der Waals surface area contributed by atoms with E-state index in [1.54, 1.807) is 29.6 Å². The predicted octanol–water partition coefficient (Wildman–Crippen LogP) is 5.81. The van der Waals surface area contributed by atoms with Crippen LogP contribution in [0.15, 0.2) is 91.2 Å². The number of ether oxygens (including phenoxy) is 1. The number of aromatic nitrogens is 2. The number of nitrogens with one attached hydrogen (secondary N) is 2. The first kappa shape index (κ1) is 23.2. The molecule has 0 unspecified atom stereocenters. The van der Waals surface area contributed by atoms with Crippen LogP contribution in [0, 0.1) is 6.92 Å². The summed E-state index contributed by atoms with van der Waals surface area (Å²) < 4.78 is 5.48. The lowest BCUT2D eigenvalue weighted by molar-refractivity contribution is 0.122. The molecule has 2 aliphatic heterocycles. The van der Waals surface area contributed by atoms with Crippen molar-refractivity contribution in [3.8, 4) is 11.3 Å². The molecule has 0 spiro atoms. The van der Waals surface area contributed by atoms with Gasteiger partial charge in [0, 0.05) is 61.9 Å². The van der Waals surface area contributed by atoms with Gasteiger partial charge in [0.15, 0.2) is 0 Å². The van der Waals surface area contributed by atoms with Crippen LogP contribution in [-0.4, -0.2) is 36.3 Å². The van der Waals surface area contributed by atoms with Crippen molar-refractivity contribution < 1.29 is 4.74 Å². The van der Waals surface area contributed by atoms with Gasteiger partial charge in [0.05, 0.1) is 31.1 Å². The van der Waals surface area contributed by atoms with Crippen LogP contribution in [0.2, 0.25) is 0 Å².